The van der Waals surface area contributed by atoms with Crippen molar-refractivity contribution in [2.45, 2.75) is 51.5 Å². The van der Waals surface area contributed by atoms with E-state index in [4.69, 9.17) is 0 Å². The first kappa shape index (κ1) is 12.4. The molecular weight excluding hydrogens is 196 g/mol. The first-order valence-electron chi connectivity index (χ1n) is 7.18. The van der Waals surface area contributed by atoms with Crippen LogP contribution in [0.4, 0.5) is 0 Å². The molecule has 94 valence electrons. The summed E-state index contributed by atoms with van der Waals surface area (Å²) in [6.07, 6.45) is 8.71. The standard InChI is InChI=1S/C14H28N2/c1-12(13-9-15-10-13)11-16(2)14-7-5-3-4-6-8-14/h12-15H,3-11H2,1-2H3. The van der Waals surface area contributed by atoms with Crippen LogP contribution in [0.5, 0.6) is 0 Å². The van der Waals surface area contributed by atoms with Gasteiger partial charge < -0.3 is 10.2 Å². The summed E-state index contributed by atoms with van der Waals surface area (Å²) in [5.41, 5.74) is 0. The maximum atomic E-state index is 3.39. The van der Waals surface area contributed by atoms with Gasteiger partial charge >= 0.3 is 0 Å². The molecule has 1 aliphatic heterocycles. The number of rotatable bonds is 4. The van der Waals surface area contributed by atoms with Gasteiger partial charge in [0.15, 0.2) is 0 Å². The molecule has 0 bridgehead atoms. The lowest BCUT2D eigenvalue weighted by Crippen LogP contribution is -2.48. The second-order valence-corrected chi connectivity index (χ2v) is 5.98. The number of hydrogen-bond donors (Lipinski definition) is 1. The fraction of sp³-hybridized carbons (Fsp3) is 1.00. The van der Waals surface area contributed by atoms with Crippen LogP contribution in [0, 0.1) is 11.8 Å². The average molecular weight is 224 g/mol. The van der Waals surface area contributed by atoms with Crippen LogP contribution in [0.25, 0.3) is 0 Å². The van der Waals surface area contributed by atoms with E-state index in [0.717, 1.165) is 17.9 Å². The zero-order chi connectivity index (χ0) is 11.4. The highest BCUT2D eigenvalue weighted by molar-refractivity contribution is 4.82. The first-order chi connectivity index (χ1) is 7.77. The van der Waals surface area contributed by atoms with Crippen molar-refractivity contribution in [2.75, 3.05) is 26.7 Å². The molecule has 0 radical (unpaired) electrons. The van der Waals surface area contributed by atoms with Crippen molar-refractivity contribution in [3.05, 3.63) is 0 Å². The second-order valence-electron chi connectivity index (χ2n) is 5.98. The third-order valence-electron chi connectivity index (χ3n) is 4.64. The highest BCUT2D eigenvalue weighted by Gasteiger charge is 2.26. The summed E-state index contributed by atoms with van der Waals surface area (Å²) in [7, 11) is 2.35. The van der Waals surface area contributed by atoms with Gasteiger partial charge in [0, 0.05) is 12.6 Å². The van der Waals surface area contributed by atoms with Gasteiger partial charge in [0.2, 0.25) is 0 Å². The first-order valence-corrected chi connectivity index (χ1v) is 7.18. The normalized spacial score (nSPS) is 26.4. The minimum Gasteiger partial charge on any atom is -0.316 e. The minimum atomic E-state index is 0.870. The molecule has 2 rings (SSSR count). The van der Waals surface area contributed by atoms with E-state index < -0.39 is 0 Å². The molecule has 0 aromatic rings. The minimum absolute atomic E-state index is 0.870. The second kappa shape index (κ2) is 6.02. The Labute approximate surface area is 101 Å². The average Bonchev–Trinajstić information content (AvgIpc) is 2.42. The van der Waals surface area contributed by atoms with Crippen LogP contribution in [0.1, 0.15) is 45.4 Å². The van der Waals surface area contributed by atoms with E-state index in [9.17, 15) is 0 Å². The van der Waals surface area contributed by atoms with Crippen molar-refractivity contribution in [1.82, 2.24) is 10.2 Å². The summed E-state index contributed by atoms with van der Waals surface area (Å²) in [6.45, 7) is 6.23. The fourth-order valence-corrected chi connectivity index (χ4v) is 3.16. The zero-order valence-electron chi connectivity index (χ0n) is 11.0. The quantitative estimate of drug-likeness (QED) is 0.738. The number of hydrogen-bond acceptors (Lipinski definition) is 2. The molecule has 0 aromatic carbocycles. The Bertz CT molecular complexity index is 193. The van der Waals surface area contributed by atoms with Gasteiger partial charge in [-0.05, 0) is 44.8 Å². The Hall–Kier alpha value is -0.0800. The zero-order valence-corrected chi connectivity index (χ0v) is 11.0. The van der Waals surface area contributed by atoms with Crippen molar-refractivity contribution in [1.29, 1.82) is 0 Å². The highest BCUT2D eigenvalue weighted by Crippen LogP contribution is 2.23. The van der Waals surface area contributed by atoms with Gasteiger partial charge in [-0.3, -0.25) is 0 Å². The molecule has 2 nitrogen and oxygen atoms in total. The van der Waals surface area contributed by atoms with Crippen molar-refractivity contribution >= 4 is 0 Å². The van der Waals surface area contributed by atoms with Crippen LogP contribution in [-0.2, 0) is 0 Å². The molecule has 2 fully saturated rings. The van der Waals surface area contributed by atoms with E-state index >= 15 is 0 Å². The predicted molar refractivity (Wildman–Crippen MR) is 69.6 cm³/mol. The molecule has 2 aliphatic rings. The van der Waals surface area contributed by atoms with Gasteiger partial charge in [-0.15, -0.1) is 0 Å². The Morgan fingerprint density at radius 2 is 1.75 bits per heavy atom. The molecule has 16 heavy (non-hydrogen) atoms. The predicted octanol–water partition coefficient (Wildman–Crippen LogP) is 2.50. The summed E-state index contributed by atoms with van der Waals surface area (Å²) in [5, 5.41) is 3.39. The van der Waals surface area contributed by atoms with Crippen LogP contribution >= 0.6 is 0 Å². The van der Waals surface area contributed by atoms with Crippen molar-refractivity contribution < 1.29 is 0 Å². The van der Waals surface area contributed by atoms with E-state index in [1.54, 1.807) is 0 Å². The topological polar surface area (TPSA) is 15.3 Å². The smallest absolute Gasteiger partial charge is 0.00923 e. The highest BCUT2D eigenvalue weighted by atomic mass is 15.1. The third-order valence-corrected chi connectivity index (χ3v) is 4.64. The molecule has 1 heterocycles. The monoisotopic (exact) mass is 224 g/mol. The largest absolute Gasteiger partial charge is 0.316 e. The summed E-state index contributed by atoms with van der Waals surface area (Å²) in [6, 6.07) is 0.873. The fourth-order valence-electron chi connectivity index (χ4n) is 3.16. The van der Waals surface area contributed by atoms with Gasteiger partial charge in [0.25, 0.3) is 0 Å². The maximum Gasteiger partial charge on any atom is 0.00923 e. The Morgan fingerprint density at radius 3 is 2.25 bits per heavy atom. The summed E-state index contributed by atoms with van der Waals surface area (Å²) in [4.78, 5) is 2.65. The van der Waals surface area contributed by atoms with E-state index in [-0.39, 0.29) is 0 Å². The van der Waals surface area contributed by atoms with Crippen LogP contribution in [0.15, 0.2) is 0 Å². The summed E-state index contributed by atoms with van der Waals surface area (Å²) < 4.78 is 0. The molecule has 1 saturated heterocycles. The maximum absolute atomic E-state index is 3.39. The van der Waals surface area contributed by atoms with E-state index in [2.05, 4.69) is 24.2 Å². The Balaban J connectivity index is 1.74. The van der Waals surface area contributed by atoms with E-state index in [1.807, 2.05) is 0 Å². The number of nitrogens with one attached hydrogen (secondary N) is 1. The molecular formula is C14H28N2. The lowest BCUT2D eigenvalue weighted by atomic mass is 9.88. The number of nitrogens with zero attached hydrogens (tertiary/aromatic N) is 1. The van der Waals surface area contributed by atoms with Crippen molar-refractivity contribution in [3.8, 4) is 0 Å². The molecule has 1 saturated carbocycles. The van der Waals surface area contributed by atoms with Gasteiger partial charge in [0.05, 0.1) is 0 Å². The van der Waals surface area contributed by atoms with Gasteiger partial charge in [-0.2, -0.15) is 0 Å². The van der Waals surface area contributed by atoms with Crippen LogP contribution < -0.4 is 5.32 Å². The summed E-state index contributed by atoms with van der Waals surface area (Å²) in [5.74, 6) is 1.81. The van der Waals surface area contributed by atoms with Crippen molar-refractivity contribution in [3.63, 3.8) is 0 Å². The molecule has 1 unspecified atom stereocenters. The van der Waals surface area contributed by atoms with Crippen LogP contribution in [0.3, 0.4) is 0 Å². The molecule has 0 amide bonds. The SMILES string of the molecule is CC(CN(C)C1CCCCCC1)C1CNC1. The van der Waals surface area contributed by atoms with Gasteiger partial charge in [-0.25, -0.2) is 0 Å². The molecule has 1 atom stereocenters. The Kier molecular flexibility index (Phi) is 4.66. The third kappa shape index (κ3) is 3.21. The molecule has 2 heteroatoms. The lowest BCUT2D eigenvalue weighted by Gasteiger charge is -2.37. The molecule has 1 N–H and O–H groups in total. The van der Waals surface area contributed by atoms with Gasteiger partial charge in [-0.1, -0.05) is 32.6 Å². The van der Waals surface area contributed by atoms with Crippen LogP contribution in [-0.4, -0.2) is 37.6 Å². The van der Waals surface area contributed by atoms with Gasteiger partial charge in [0.1, 0.15) is 0 Å². The summed E-state index contributed by atoms with van der Waals surface area (Å²) >= 11 is 0. The molecule has 1 aliphatic carbocycles. The Morgan fingerprint density at radius 1 is 1.12 bits per heavy atom. The molecule has 0 aromatic heterocycles. The van der Waals surface area contributed by atoms with Crippen LogP contribution in [0.2, 0.25) is 0 Å². The van der Waals surface area contributed by atoms with E-state index in [0.29, 0.717) is 0 Å². The lowest BCUT2D eigenvalue weighted by molar-refractivity contribution is 0.144. The molecule has 0 spiro atoms. The van der Waals surface area contributed by atoms with E-state index in [1.165, 1.54) is 58.2 Å². The van der Waals surface area contributed by atoms with Crippen molar-refractivity contribution in [2.24, 2.45) is 11.8 Å².